The number of anilines is 2. The van der Waals surface area contributed by atoms with Crippen LogP contribution in [0, 0.1) is 13.8 Å². The van der Waals surface area contributed by atoms with Gasteiger partial charge in [-0.15, -0.1) is 0 Å². The molecule has 1 aliphatic heterocycles. The summed E-state index contributed by atoms with van der Waals surface area (Å²) in [6.07, 6.45) is 0. The molecule has 1 N–H and O–H groups in total. The molecule has 162 valence electrons. The van der Waals surface area contributed by atoms with Gasteiger partial charge in [0.1, 0.15) is 5.70 Å². The standard InChI is InChI=1S/C28H28N2O2/c1-18-15-19(2)17-22(16-18)29-25-24(20-9-7-6-8-10-20)26(31)30(27(25)32)23-13-11-21(12-14-23)28(3,4)5/h6-17,29H,1-5H3. The van der Waals surface area contributed by atoms with Crippen LogP contribution in [0.5, 0.6) is 0 Å². The van der Waals surface area contributed by atoms with Crippen LogP contribution in [0.3, 0.4) is 0 Å². The highest BCUT2D eigenvalue weighted by Gasteiger charge is 2.40. The molecule has 32 heavy (non-hydrogen) atoms. The largest absolute Gasteiger partial charge is 0.350 e. The van der Waals surface area contributed by atoms with Gasteiger partial charge in [0.25, 0.3) is 11.8 Å². The molecule has 0 aromatic heterocycles. The molecule has 0 unspecified atom stereocenters. The van der Waals surface area contributed by atoms with E-state index in [9.17, 15) is 9.59 Å². The van der Waals surface area contributed by atoms with Gasteiger partial charge in [0.2, 0.25) is 0 Å². The Morgan fingerprint density at radius 1 is 0.750 bits per heavy atom. The van der Waals surface area contributed by atoms with Crippen LogP contribution < -0.4 is 10.2 Å². The maximum atomic E-state index is 13.5. The highest BCUT2D eigenvalue weighted by atomic mass is 16.2. The van der Waals surface area contributed by atoms with Gasteiger partial charge >= 0.3 is 0 Å². The number of hydrogen-bond acceptors (Lipinski definition) is 3. The molecule has 4 nitrogen and oxygen atoms in total. The minimum Gasteiger partial charge on any atom is -0.350 e. The Bertz CT molecular complexity index is 1200. The fourth-order valence-electron chi connectivity index (χ4n) is 4.05. The fourth-order valence-corrected chi connectivity index (χ4v) is 4.05. The van der Waals surface area contributed by atoms with Crippen molar-refractivity contribution in [3.63, 3.8) is 0 Å². The molecule has 4 rings (SSSR count). The van der Waals surface area contributed by atoms with Gasteiger partial charge in [0, 0.05) is 5.69 Å². The van der Waals surface area contributed by atoms with Gasteiger partial charge < -0.3 is 5.32 Å². The summed E-state index contributed by atoms with van der Waals surface area (Å²) in [5, 5.41) is 3.25. The quantitative estimate of drug-likeness (QED) is 0.523. The second kappa shape index (κ2) is 8.12. The Labute approximate surface area is 189 Å². The fraction of sp³-hybridized carbons (Fsp3) is 0.214. The van der Waals surface area contributed by atoms with Crippen molar-refractivity contribution in [2.75, 3.05) is 10.2 Å². The number of nitrogens with zero attached hydrogens (tertiary/aromatic N) is 1. The molecule has 0 radical (unpaired) electrons. The summed E-state index contributed by atoms with van der Waals surface area (Å²) in [6, 6.07) is 23.0. The summed E-state index contributed by atoms with van der Waals surface area (Å²) in [4.78, 5) is 28.3. The van der Waals surface area contributed by atoms with E-state index in [1.54, 1.807) is 0 Å². The number of imide groups is 1. The second-order valence-corrected chi connectivity index (χ2v) is 9.36. The van der Waals surface area contributed by atoms with Crippen LogP contribution >= 0.6 is 0 Å². The smallest absolute Gasteiger partial charge is 0.282 e. The van der Waals surface area contributed by atoms with Crippen molar-refractivity contribution in [2.45, 2.75) is 40.0 Å². The zero-order chi connectivity index (χ0) is 23.0. The van der Waals surface area contributed by atoms with Gasteiger partial charge in [0.05, 0.1) is 11.3 Å². The zero-order valence-electron chi connectivity index (χ0n) is 19.2. The number of carbonyl (C=O) groups is 2. The summed E-state index contributed by atoms with van der Waals surface area (Å²) < 4.78 is 0. The van der Waals surface area contributed by atoms with Crippen LogP contribution in [0.15, 0.2) is 78.5 Å². The lowest BCUT2D eigenvalue weighted by atomic mass is 9.87. The number of nitrogens with one attached hydrogen (secondary N) is 1. The van der Waals surface area contributed by atoms with Crippen LogP contribution in [-0.2, 0) is 15.0 Å². The van der Waals surface area contributed by atoms with Crippen molar-refractivity contribution in [1.82, 2.24) is 0 Å². The molecule has 0 fully saturated rings. The topological polar surface area (TPSA) is 49.4 Å². The van der Waals surface area contributed by atoms with Crippen LogP contribution in [0.2, 0.25) is 0 Å². The van der Waals surface area contributed by atoms with Gasteiger partial charge in [-0.25, -0.2) is 4.90 Å². The van der Waals surface area contributed by atoms with Crippen molar-refractivity contribution in [3.8, 4) is 0 Å². The Morgan fingerprint density at radius 3 is 1.91 bits per heavy atom. The average molecular weight is 425 g/mol. The number of rotatable bonds is 4. The van der Waals surface area contributed by atoms with Gasteiger partial charge in [-0.3, -0.25) is 9.59 Å². The summed E-state index contributed by atoms with van der Waals surface area (Å²) in [5.74, 6) is -0.673. The second-order valence-electron chi connectivity index (χ2n) is 9.36. The molecule has 3 aromatic carbocycles. The molecule has 0 aliphatic carbocycles. The molecule has 0 bridgehead atoms. The minimum absolute atomic E-state index is 0.0131. The van der Waals surface area contributed by atoms with Crippen molar-refractivity contribution in [3.05, 3.63) is 101 Å². The summed E-state index contributed by atoms with van der Waals surface area (Å²) >= 11 is 0. The first kappa shape index (κ1) is 21.6. The van der Waals surface area contributed by atoms with Crippen molar-refractivity contribution < 1.29 is 9.59 Å². The monoisotopic (exact) mass is 424 g/mol. The predicted octanol–water partition coefficient (Wildman–Crippen LogP) is 6.00. The molecule has 0 saturated heterocycles. The van der Waals surface area contributed by atoms with Crippen LogP contribution in [0.25, 0.3) is 5.57 Å². The number of benzene rings is 3. The van der Waals surface area contributed by atoms with E-state index in [4.69, 9.17) is 0 Å². The summed E-state index contributed by atoms with van der Waals surface area (Å²) in [6.45, 7) is 10.4. The van der Waals surface area contributed by atoms with E-state index in [1.165, 1.54) is 4.90 Å². The zero-order valence-corrected chi connectivity index (χ0v) is 19.2. The van der Waals surface area contributed by atoms with E-state index in [2.05, 4.69) is 32.2 Å². The van der Waals surface area contributed by atoms with Gasteiger partial charge in [-0.2, -0.15) is 0 Å². The molecule has 3 aromatic rings. The van der Waals surface area contributed by atoms with Crippen molar-refractivity contribution in [2.24, 2.45) is 0 Å². The number of aryl methyl sites for hydroxylation is 2. The van der Waals surface area contributed by atoms with Crippen molar-refractivity contribution in [1.29, 1.82) is 0 Å². The SMILES string of the molecule is Cc1cc(C)cc(NC2=C(c3ccccc3)C(=O)N(c3ccc(C(C)(C)C)cc3)C2=O)c1. The Kier molecular flexibility index (Phi) is 5.47. The summed E-state index contributed by atoms with van der Waals surface area (Å²) in [7, 11) is 0. The first-order chi connectivity index (χ1) is 15.1. The maximum absolute atomic E-state index is 13.5. The third-order valence-electron chi connectivity index (χ3n) is 5.63. The third kappa shape index (κ3) is 4.09. The molecule has 0 spiro atoms. The van der Waals surface area contributed by atoms with E-state index in [0.29, 0.717) is 22.5 Å². The third-order valence-corrected chi connectivity index (χ3v) is 5.63. The molecular weight excluding hydrogens is 396 g/mol. The minimum atomic E-state index is -0.350. The van der Waals surface area contributed by atoms with Crippen LogP contribution in [-0.4, -0.2) is 11.8 Å². The lowest BCUT2D eigenvalue weighted by molar-refractivity contribution is -0.120. The molecule has 1 heterocycles. The number of hydrogen-bond donors (Lipinski definition) is 1. The lowest BCUT2D eigenvalue weighted by Crippen LogP contribution is -2.32. The van der Waals surface area contributed by atoms with Gasteiger partial charge in [0.15, 0.2) is 0 Å². The highest BCUT2D eigenvalue weighted by Crippen LogP contribution is 2.35. The van der Waals surface area contributed by atoms with E-state index in [-0.39, 0.29) is 17.2 Å². The molecule has 0 saturated carbocycles. The molecule has 0 atom stereocenters. The lowest BCUT2D eigenvalue weighted by Gasteiger charge is -2.21. The van der Waals surface area contributed by atoms with Crippen LogP contribution in [0.1, 0.15) is 43.0 Å². The first-order valence-electron chi connectivity index (χ1n) is 10.8. The van der Waals surface area contributed by atoms with Gasteiger partial charge in [-0.05, 0) is 65.8 Å². The van der Waals surface area contributed by atoms with E-state index >= 15 is 0 Å². The molecule has 4 heteroatoms. The predicted molar refractivity (Wildman–Crippen MR) is 131 cm³/mol. The molecule has 2 amide bonds. The van der Waals surface area contributed by atoms with Crippen molar-refractivity contribution >= 4 is 28.8 Å². The Morgan fingerprint density at radius 2 is 1.34 bits per heavy atom. The average Bonchev–Trinajstić information content (AvgIpc) is 2.97. The summed E-state index contributed by atoms with van der Waals surface area (Å²) in [5.41, 5.74) is 6.05. The highest BCUT2D eigenvalue weighted by molar-refractivity contribution is 6.46. The Balaban J connectivity index is 1.78. The van der Waals surface area contributed by atoms with E-state index in [0.717, 1.165) is 22.4 Å². The van der Waals surface area contributed by atoms with Crippen LogP contribution in [0.4, 0.5) is 11.4 Å². The normalized spacial score (nSPS) is 14.3. The van der Waals surface area contributed by atoms with E-state index < -0.39 is 0 Å². The number of carbonyl (C=O) groups excluding carboxylic acids is 2. The maximum Gasteiger partial charge on any atom is 0.282 e. The first-order valence-corrected chi connectivity index (χ1v) is 10.8. The molecule has 1 aliphatic rings. The van der Waals surface area contributed by atoms with Gasteiger partial charge in [-0.1, -0.05) is 69.3 Å². The Hall–Kier alpha value is -3.66. The molecular formula is C28H28N2O2. The van der Waals surface area contributed by atoms with E-state index in [1.807, 2.05) is 80.6 Å². The number of amides is 2.